The zero-order valence-electron chi connectivity index (χ0n) is 30.4. The number of fused-ring (bicyclic) bond motifs is 9. The van der Waals surface area contributed by atoms with E-state index >= 15 is 0 Å². The zero-order chi connectivity index (χ0) is 37.0. The van der Waals surface area contributed by atoms with Gasteiger partial charge in [0, 0.05) is 16.3 Å². The van der Waals surface area contributed by atoms with Crippen LogP contribution >= 0.6 is 16.1 Å². The molecule has 1 unspecified atom stereocenters. The number of rotatable bonds is 5. The molecule has 11 rings (SSSR count). The van der Waals surface area contributed by atoms with Crippen molar-refractivity contribution in [1.82, 2.24) is 0 Å². The molecule has 0 saturated carbocycles. The Morgan fingerprint density at radius 2 is 0.982 bits per heavy atom. The molecule has 0 spiro atoms. The highest BCUT2D eigenvalue weighted by molar-refractivity contribution is 7.77. The summed E-state index contributed by atoms with van der Waals surface area (Å²) in [6.07, 6.45) is 11.4. The number of benzene rings is 8. The average Bonchev–Trinajstić information content (AvgIpc) is 3.44. The van der Waals surface area contributed by atoms with E-state index in [1.165, 1.54) is 43.0 Å². The minimum Gasteiger partial charge on any atom is -0.404 e. The normalized spacial score (nSPS) is 15.3. The van der Waals surface area contributed by atoms with Crippen molar-refractivity contribution in [2.24, 2.45) is 0 Å². The average molecular weight is 756 g/mol. The lowest BCUT2D eigenvalue weighted by Crippen LogP contribution is -2.38. The molecule has 2 aliphatic rings. The van der Waals surface area contributed by atoms with Gasteiger partial charge < -0.3 is 8.39 Å². The molecule has 1 aromatic heterocycles. The van der Waals surface area contributed by atoms with E-state index in [1.54, 1.807) is 0 Å². The van der Waals surface area contributed by atoms with Crippen molar-refractivity contribution in [3.05, 3.63) is 223 Å². The van der Waals surface area contributed by atoms with E-state index < -0.39 is 16.1 Å². The van der Waals surface area contributed by atoms with E-state index in [9.17, 15) is 0 Å². The van der Waals surface area contributed by atoms with Crippen LogP contribution in [0.3, 0.4) is 0 Å². The van der Waals surface area contributed by atoms with Gasteiger partial charge in [-0.1, -0.05) is 188 Å². The van der Waals surface area contributed by atoms with Crippen molar-refractivity contribution in [3.8, 4) is 0 Å². The first-order chi connectivity index (χ1) is 27.8. The van der Waals surface area contributed by atoms with E-state index in [0.717, 1.165) is 44.0 Å². The summed E-state index contributed by atoms with van der Waals surface area (Å²) in [6.45, 7) is 0. The highest BCUT2D eigenvalue weighted by Gasteiger charge is 2.39. The highest BCUT2D eigenvalue weighted by Crippen LogP contribution is 2.55. The maximum Gasteiger partial charge on any atom is 0.342 e. The molecule has 2 heterocycles. The summed E-state index contributed by atoms with van der Waals surface area (Å²) in [5, 5.41) is 13.1. The van der Waals surface area contributed by atoms with Gasteiger partial charge in [0.25, 0.3) is 0 Å². The minimum atomic E-state index is -1.79. The van der Waals surface area contributed by atoms with Crippen molar-refractivity contribution < 1.29 is 8.39 Å². The lowest BCUT2D eigenvalue weighted by atomic mass is 9.94. The van der Waals surface area contributed by atoms with Crippen LogP contribution in [0.25, 0.3) is 60.0 Å². The van der Waals surface area contributed by atoms with E-state index in [1.807, 2.05) is 0 Å². The van der Waals surface area contributed by atoms with Crippen LogP contribution in [0.15, 0.2) is 226 Å². The van der Waals surface area contributed by atoms with Crippen LogP contribution < -0.4 is 15.3 Å². The molecule has 0 fully saturated rings. The van der Waals surface area contributed by atoms with Crippen molar-refractivity contribution in [3.63, 3.8) is 0 Å². The van der Waals surface area contributed by atoms with Gasteiger partial charge in [0.1, 0.15) is 11.2 Å². The van der Waals surface area contributed by atoms with Crippen molar-refractivity contribution in [1.29, 1.82) is 0 Å². The number of nitrogens with zero attached hydrogens (tertiary/aromatic N) is 1. The van der Waals surface area contributed by atoms with Crippen molar-refractivity contribution >= 4 is 86.6 Å². The van der Waals surface area contributed by atoms with Gasteiger partial charge >= 0.3 is 8.16 Å². The second-order valence-electron chi connectivity index (χ2n) is 14.2. The standard InChI is InChI=1S/C51H35NO2P2/c1-3-20-39(21-4-1)55(40-22-5-2-6-23-40)48-28-14-19-38-29-32-45(44-27-13-18-35-15-7-10-24-41(35)44)52(51(38)48)56-53-46-33-30-36-16-8-11-25-42(36)49(46)50-43-26-12-9-17-37(43)31-34-47(50)54-56/h1-34,51H. The molecule has 5 heteroatoms. The van der Waals surface area contributed by atoms with Gasteiger partial charge in [-0.2, -0.15) is 0 Å². The molecular weight excluding hydrogens is 721 g/mol. The summed E-state index contributed by atoms with van der Waals surface area (Å²) in [7, 11) is -2.73. The Morgan fingerprint density at radius 3 is 1.59 bits per heavy atom. The van der Waals surface area contributed by atoms with Gasteiger partial charge in [0.15, 0.2) is 0 Å². The lowest BCUT2D eigenvalue weighted by Gasteiger charge is -2.40. The molecule has 0 radical (unpaired) electrons. The summed E-state index contributed by atoms with van der Waals surface area (Å²) in [4.78, 5) is 0. The molecule has 0 bridgehead atoms. The molecule has 8 aromatic carbocycles. The molecule has 1 aliphatic heterocycles. The highest BCUT2D eigenvalue weighted by atomic mass is 31.1. The first kappa shape index (κ1) is 33.0. The fraction of sp³-hybridized carbons (Fsp3) is 0.0196. The van der Waals surface area contributed by atoms with Crippen molar-refractivity contribution in [2.45, 2.75) is 6.04 Å². The molecule has 1 atom stereocenters. The van der Waals surface area contributed by atoms with Crippen LogP contribution in [0.1, 0.15) is 5.56 Å². The summed E-state index contributed by atoms with van der Waals surface area (Å²) in [5.41, 5.74) is 5.08. The molecule has 0 saturated heterocycles. The summed E-state index contributed by atoms with van der Waals surface area (Å²) < 4.78 is 17.4. The number of hydrogen-bond acceptors (Lipinski definition) is 3. The molecule has 0 amide bonds. The SMILES string of the molecule is C1=CC2=CC=C(c3cccc4ccccc34)N(p3oc4ccc5ccccc5c4c4c(ccc5ccccc54)o3)C2C(P(c2ccccc2)c2ccccc2)=C1. The number of hydrogen-bond donors (Lipinski definition) is 0. The second-order valence-corrected chi connectivity index (χ2v) is 17.7. The van der Waals surface area contributed by atoms with E-state index in [2.05, 4.69) is 211 Å². The van der Waals surface area contributed by atoms with Gasteiger partial charge in [-0.05, 0) is 79.9 Å². The van der Waals surface area contributed by atoms with E-state index in [-0.39, 0.29) is 6.04 Å². The molecule has 56 heavy (non-hydrogen) atoms. The Labute approximate surface area is 327 Å². The summed E-state index contributed by atoms with van der Waals surface area (Å²) >= 11 is 0. The third-order valence-electron chi connectivity index (χ3n) is 11.0. The Balaban J connectivity index is 1.25. The molecule has 9 aromatic rings. The molecule has 1 aliphatic carbocycles. The summed E-state index contributed by atoms with van der Waals surface area (Å²) in [6, 6.07) is 62.9. The van der Waals surface area contributed by atoms with Crippen LogP contribution in [0.2, 0.25) is 0 Å². The van der Waals surface area contributed by atoms with Gasteiger partial charge in [0.2, 0.25) is 0 Å². The van der Waals surface area contributed by atoms with Gasteiger partial charge in [-0.15, -0.1) is 0 Å². The zero-order valence-corrected chi connectivity index (χ0v) is 32.2. The summed E-state index contributed by atoms with van der Waals surface area (Å²) in [5.74, 6) is 0. The molecule has 0 N–H and O–H groups in total. The lowest BCUT2D eigenvalue weighted by molar-refractivity contribution is 0.629. The van der Waals surface area contributed by atoms with Gasteiger partial charge in [-0.25, -0.2) is 0 Å². The molecular formula is C51H35NO2P2. The van der Waals surface area contributed by atoms with Crippen LogP contribution in [-0.4, -0.2) is 6.04 Å². The minimum absolute atomic E-state index is 0.164. The third-order valence-corrected chi connectivity index (χ3v) is 15.0. The van der Waals surface area contributed by atoms with Crippen LogP contribution in [0, 0.1) is 0 Å². The predicted octanol–water partition coefficient (Wildman–Crippen LogP) is 13.6. The first-order valence-electron chi connectivity index (χ1n) is 19.0. The number of allylic oxidation sites excluding steroid dienone is 4. The quantitative estimate of drug-likeness (QED) is 0.164. The Hall–Kier alpha value is -6.37. The van der Waals surface area contributed by atoms with E-state index in [0.29, 0.717) is 0 Å². The Morgan fingerprint density at radius 1 is 0.464 bits per heavy atom. The first-order valence-corrected chi connectivity index (χ1v) is 21.4. The monoisotopic (exact) mass is 755 g/mol. The Bertz CT molecular complexity index is 3020. The topological polar surface area (TPSA) is 29.5 Å². The van der Waals surface area contributed by atoms with Gasteiger partial charge in [-0.3, -0.25) is 4.67 Å². The third kappa shape index (κ3) is 5.47. The Kier molecular flexibility index (Phi) is 8.09. The predicted molar refractivity (Wildman–Crippen MR) is 240 cm³/mol. The van der Waals surface area contributed by atoms with Crippen LogP contribution in [0.4, 0.5) is 0 Å². The fourth-order valence-electron chi connectivity index (χ4n) is 8.50. The van der Waals surface area contributed by atoms with Gasteiger partial charge in [0.05, 0.1) is 11.7 Å². The maximum absolute atomic E-state index is 7.44. The van der Waals surface area contributed by atoms with Crippen LogP contribution in [0.5, 0.6) is 0 Å². The molecule has 3 nitrogen and oxygen atoms in total. The van der Waals surface area contributed by atoms with E-state index in [4.69, 9.17) is 8.39 Å². The molecule has 266 valence electrons. The van der Waals surface area contributed by atoms with Crippen molar-refractivity contribution in [2.75, 3.05) is 4.67 Å². The fourth-order valence-corrected chi connectivity index (χ4v) is 12.8. The largest absolute Gasteiger partial charge is 0.404 e. The van der Waals surface area contributed by atoms with Crippen LogP contribution in [-0.2, 0) is 0 Å². The second kappa shape index (κ2) is 13.7. The smallest absolute Gasteiger partial charge is 0.342 e. The maximum atomic E-state index is 7.44.